The molecular weight excluding hydrogens is 256 g/mol. The minimum absolute atomic E-state index is 0.0561. The summed E-state index contributed by atoms with van der Waals surface area (Å²) in [6.45, 7) is 8.46. The molecular formula is C15H24N2O3. The zero-order valence-corrected chi connectivity index (χ0v) is 12.5. The first-order valence-electron chi connectivity index (χ1n) is 7.30. The second kappa shape index (κ2) is 7.45. The fourth-order valence-electron chi connectivity index (χ4n) is 2.25. The van der Waals surface area contributed by atoms with E-state index in [9.17, 15) is 0 Å². The Morgan fingerprint density at radius 2 is 2.20 bits per heavy atom. The largest absolute Gasteiger partial charge is 0.489 e. The average Bonchev–Trinajstić information content (AvgIpc) is 2.43. The first kappa shape index (κ1) is 15.1. The minimum Gasteiger partial charge on any atom is -0.489 e. The lowest BCUT2D eigenvalue weighted by molar-refractivity contribution is -0.0359. The Kier molecular flexibility index (Phi) is 5.61. The van der Waals surface area contributed by atoms with Gasteiger partial charge in [0.15, 0.2) is 0 Å². The van der Waals surface area contributed by atoms with Crippen molar-refractivity contribution in [1.29, 1.82) is 0 Å². The first-order chi connectivity index (χ1) is 9.69. The van der Waals surface area contributed by atoms with E-state index in [2.05, 4.69) is 10.3 Å². The lowest BCUT2D eigenvalue weighted by Crippen LogP contribution is -2.48. The topological polar surface area (TPSA) is 52.6 Å². The lowest BCUT2D eigenvalue weighted by atomic mass is 10.1. The van der Waals surface area contributed by atoms with E-state index in [1.165, 1.54) is 0 Å². The number of ether oxygens (including phenoxy) is 3. The first-order valence-corrected chi connectivity index (χ1v) is 7.30. The second-order valence-electron chi connectivity index (χ2n) is 5.14. The summed E-state index contributed by atoms with van der Waals surface area (Å²) >= 11 is 0. The van der Waals surface area contributed by atoms with Crippen molar-refractivity contribution >= 4 is 0 Å². The summed E-state index contributed by atoms with van der Waals surface area (Å²) in [5.74, 6) is 1.39. The molecule has 1 aliphatic rings. The number of aromatic nitrogens is 1. The van der Waals surface area contributed by atoms with Crippen molar-refractivity contribution in [2.24, 2.45) is 0 Å². The number of nitrogens with one attached hydrogen (secondary N) is 1. The molecule has 2 heterocycles. The Hall–Kier alpha value is -1.33. The third-order valence-corrected chi connectivity index (χ3v) is 3.10. The van der Waals surface area contributed by atoms with Crippen LogP contribution in [0.1, 0.15) is 27.2 Å². The van der Waals surface area contributed by atoms with Gasteiger partial charge in [-0.05, 0) is 39.8 Å². The molecule has 2 unspecified atom stereocenters. The number of hydrogen-bond acceptors (Lipinski definition) is 5. The maximum atomic E-state index is 5.95. The highest BCUT2D eigenvalue weighted by molar-refractivity contribution is 5.23. The van der Waals surface area contributed by atoms with E-state index in [0.717, 1.165) is 25.3 Å². The third-order valence-electron chi connectivity index (χ3n) is 3.10. The summed E-state index contributed by atoms with van der Waals surface area (Å²) in [5.41, 5.74) is 0. The van der Waals surface area contributed by atoms with E-state index in [-0.39, 0.29) is 18.3 Å². The highest BCUT2D eigenvalue weighted by atomic mass is 16.5. The second-order valence-corrected chi connectivity index (χ2v) is 5.14. The van der Waals surface area contributed by atoms with E-state index < -0.39 is 0 Å². The maximum absolute atomic E-state index is 5.95. The molecule has 1 aliphatic heterocycles. The number of hydrogen-bond donors (Lipinski definition) is 1. The van der Waals surface area contributed by atoms with E-state index >= 15 is 0 Å². The zero-order valence-electron chi connectivity index (χ0n) is 12.5. The molecule has 0 radical (unpaired) electrons. The van der Waals surface area contributed by atoms with Crippen LogP contribution < -0.4 is 14.8 Å². The summed E-state index contributed by atoms with van der Waals surface area (Å²) in [6.07, 6.45) is 2.92. The molecule has 1 fully saturated rings. The standard InChI is InChI=1S/C15H24N2O3/c1-4-18-14-10-16-8-7-13(14)20-15-6-5-12(9-17-15)19-11(2)3/h5-6,9,11,13-14,16H,4,7-8,10H2,1-3H3. The van der Waals surface area contributed by atoms with Crippen molar-refractivity contribution in [3.8, 4) is 11.6 Å². The number of rotatable bonds is 6. The number of piperidine rings is 1. The predicted molar refractivity (Wildman–Crippen MR) is 77.3 cm³/mol. The van der Waals surface area contributed by atoms with Crippen molar-refractivity contribution in [3.63, 3.8) is 0 Å². The molecule has 0 saturated carbocycles. The van der Waals surface area contributed by atoms with Gasteiger partial charge < -0.3 is 19.5 Å². The Bertz CT molecular complexity index is 393. The van der Waals surface area contributed by atoms with Crippen molar-refractivity contribution in [2.45, 2.75) is 45.5 Å². The maximum Gasteiger partial charge on any atom is 0.213 e. The quantitative estimate of drug-likeness (QED) is 0.864. The van der Waals surface area contributed by atoms with Crippen LogP contribution in [-0.2, 0) is 4.74 Å². The molecule has 1 N–H and O–H groups in total. The molecule has 0 bridgehead atoms. The van der Waals surface area contributed by atoms with Gasteiger partial charge in [0, 0.05) is 19.2 Å². The highest BCUT2D eigenvalue weighted by Gasteiger charge is 2.27. The van der Waals surface area contributed by atoms with Crippen LogP contribution in [0.25, 0.3) is 0 Å². The van der Waals surface area contributed by atoms with E-state index in [1.54, 1.807) is 6.20 Å². The fraction of sp³-hybridized carbons (Fsp3) is 0.667. The Morgan fingerprint density at radius 1 is 1.35 bits per heavy atom. The minimum atomic E-state index is 0.0561. The molecule has 112 valence electrons. The number of pyridine rings is 1. The van der Waals surface area contributed by atoms with E-state index in [0.29, 0.717) is 12.5 Å². The van der Waals surface area contributed by atoms with Crippen molar-refractivity contribution < 1.29 is 14.2 Å². The number of nitrogens with zero attached hydrogens (tertiary/aromatic N) is 1. The molecule has 5 nitrogen and oxygen atoms in total. The molecule has 2 atom stereocenters. The SMILES string of the molecule is CCOC1CNCCC1Oc1ccc(OC(C)C)cn1. The third kappa shape index (κ3) is 4.35. The highest BCUT2D eigenvalue weighted by Crippen LogP contribution is 2.19. The Morgan fingerprint density at radius 3 is 2.85 bits per heavy atom. The van der Waals surface area contributed by atoms with Gasteiger partial charge in [-0.1, -0.05) is 0 Å². The summed E-state index contributed by atoms with van der Waals surface area (Å²) < 4.78 is 17.2. The van der Waals surface area contributed by atoms with Gasteiger partial charge in [0.2, 0.25) is 5.88 Å². The van der Waals surface area contributed by atoms with Gasteiger partial charge in [0.05, 0.1) is 12.3 Å². The molecule has 1 aromatic heterocycles. The van der Waals surface area contributed by atoms with Crippen LogP contribution in [0.5, 0.6) is 11.6 Å². The molecule has 0 spiro atoms. The molecule has 1 aromatic rings. The van der Waals surface area contributed by atoms with Crippen LogP contribution in [0.15, 0.2) is 18.3 Å². The molecule has 2 rings (SSSR count). The van der Waals surface area contributed by atoms with Crippen molar-refractivity contribution in [3.05, 3.63) is 18.3 Å². The summed E-state index contributed by atoms with van der Waals surface area (Å²) in [7, 11) is 0. The lowest BCUT2D eigenvalue weighted by Gasteiger charge is -2.31. The van der Waals surface area contributed by atoms with Crippen LogP contribution in [0, 0.1) is 0 Å². The Balaban J connectivity index is 1.94. The van der Waals surface area contributed by atoms with Crippen LogP contribution in [0.4, 0.5) is 0 Å². The molecule has 5 heteroatoms. The van der Waals surface area contributed by atoms with Gasteiger partial charge in [-0.2, -0.15) is 0 Å². The van der Waals surface area contributed by atoms with Crippen LogP contribution >= 0.6 is 0 Å². The monoisotopic (exact) mass is 280 g/mol. The van der Waals surface area contributed by atoms with E-state index in [1.807, 2.05) is 32.9 Å². The van der Waals surface area contributed by atoms with Crippen molar-refractivity contribution in [2.75, 3.05) is 19.7 Å². The normalized spacial score (nSPS) is 22.8. The molecule has 0 aromatic carbocycles. The summed E-state index contributed by atoms with van der Waals surface area (Å²) in [4.78, 5) is 4.30. The smallest absolute Gasteiger partial charge is 0.213 e. The summed E-state index contributed by atoms with van der Waals surface area (Å²) in [5, 5.41) is 3.32. The van der Waals surface area contributed by atoms with E-state index in [4.69, 9.17) is 14.2 Å². The molecule has 0 aliphatic carbocycles. The van der Waals surface area contributed by atoms with Crippen LogP contribution in [-0.4, -0.2) is 43.0 Å². The molecule has 1 saturated heterocycles. The average molecular weight is 280 g/mol. The summed E-state index contributed by atoms with van der Waals surface area (Å²) in [6, 6.07) is 3.74. The zero-order chi connectivity index (χ0) is 14.4. The van der Waals surface area contributed by atoms with Gasteiger partial charge in [-0.15, -0.1) is 0 Å². The predicted octanol–water partition coefficient (Wildman–Crippen LogP) is 2.01. The molecule has 20 heavy (non-hydrogen) atoms. The van der Waals surface area contributed by atoms with Gasteiger partial charge in [-0.3, -0.25) is 0 Å². The fourth-order valence-corrected chi connectivity index (χ4v) is 2.25. The van der Waals surface area contributed by atoms with Gasteiger partial charge >= 0.3 is 0 Å². The van der Waals surface area contributed by atoms with Crippen molar-refractivity contribution in [1.82, 2.24) is 10.3 Å². The Labute approximate surface area is 120 Å². The van der Waals surface area contributed by atoms with Gasteiger partial charge in [0.25, 0.3) is 0 Å². The van der Waals surface area contributed by atoms with Gasteiger partial charge in [0.1, 0.15) is 18.0 Å². The van der Waals surface area contributed by atoms with Gasteiger partial charge in [-0.25, -0.2) is 4.98 Å². The molecule has 0 amide bonds. The van der Waals surface area contributed by atoms with Crippen LogP contribution in [0.3, 0.4) is 0 Å². The van der Waals surface area contributed by atoms with Crippen LogP contribution in [0.2, 0.25) is 0 Å².